The first-order chi connectivity index (χ1) is 14.2. The lowest BCUT2D eigenvalue weighted by Crippen LogP contribution is -2.53. The van der Waals surface area contributed by atoms with Gasteiger partial charge in [0, 0.05) is 17.8 Å². The van der Waals surface area contributed by atoms with Crippen LogP contribution in [0.15, 0.2) is 35.1 Å². The molecule has 2 aliphatic rings. The molecule has 1 amide bonds. The molecule has 2 aromatic rings. The molecular weight excluding hydrogens is 395 g/mol. The van der Waals surface area contributed by atoms with Gasteiger partial charge in [-0.3, -0.25) is 14.5 Å². The van der Waals surface area contributed by atoms with E-state index in [4.69, 9.17) is 0 Å². The predicted molar refractivity (Wildman–Crippen MR) is 109 cm³/mol. The van der Waals surface area contributed by atoms with E-state index in [1.807, 2.05) is 4.90 Å². The number of hydrogen-bond acceptors (Lipinski definition) is 3. The predicted octanol–water partition coefficient (Wildman–Crippen LogP) is 4.71. The summed E-state index contributed by atoms with van der Waals surface area (Å²) in [5, 5.41) is 0. The van der Waals surface area contributed by atoms with Gasteiger partial charge in [0.25, 0.3) is 5.91 Å². The quantitative estimate of drug-likeness (QED) is 0.767. The average molecular weight is 419 g/mol. The first-order valence-corrected chi connectivity index (χ1v) is 10.2. The summed E-state index contributed by atoms with van der Waals surface area (Å²) in [6.45, 7) is 3.97. The number of aryl methyl sites for hydroxylation is 1. The van der Waals surface area contributed by atoms with Crippen LogP contribution in [0.3, 0.4) is 0 Å². The second-order valence-corrected chi connectivity index (χ2v) is 8.24. The van der Waals surface area contributed by atoms with Crippen LogP contribution >= 0.6 is 0 Å². The van der Waals surface area contributed by atoms with E-state index in [0.29, 0.717) is 23.0 Å². The van der Waals surface area contributed by atoms with Crippen LogP contribution < -0.4 is 15.4 Å². The molecule has 160 valence electrons. The third-order valence-corrected chi connectivity index (χ3v) is 6.25. The van der Waals surface area contributed by atoms with E-state index in [9.17, 15) is 22.8 Å². The number of carbonyl (C=O) groups is 1. The second-order valence-electron chi connectivity index (χ2n) is 8.24. The normalized spacial score (nSPS) is 22.2. The lowest BCUT2D eigenvalue weighted by atomic mass is 9.84. The number of nitrogens with one attached hydrogen (secondary N) is 1. The Morgan fingerprint density at radius 2 is 1.77 bits per heavy atom. The number of H-pyrrole nitrogens is 1. The zero-order valence-electron chi connectivity index (χ0n) is 16.9. The molecule has 1 aliphatic carbocycles. The molecule has 1 saturated carbocycles. The van der Waals surface area contributed by atoms with E-state index in [0.717, 1.165) is 37.8 Å². The van der Waals surface area contributed by atoms with Gasteiger partial charge in [0.2, 0.25) is 5.56 Å². The van der Waals surface area contributed by atoms with Crippen LogP contribution in [0.1, 0.15) is 54.2 Å². The second kappa shape index (κ2) is 7.49. The summed E-state index contributed by atoms with van der Waals surface area (Å²) in [7, 11) is 0. The Hall–Kier alpha value is -2.77. The molecular formula is C22H24F3N3O2. The molecule has 0 saturated heterocycles. The first-order valence-electron chi connectivity index (χ1n) is 10.2. The highest BCUT2D eigenvalue weighted by atomic mass is 19.4. The Morgan fingerprint density at radius 1 is 1.03 bits per heavy atom. The molecule has 0 spiro atoms. The van der Waals surface area contributed by atoms with Crippen molar-refractivity contribution >= 4 is 17.3 Å². The summed E-state index contributed by atoms with van der Waals surface area (Å²) in [5.74, 6) is -0.0681. The van der Waals surface area contributed by atoms with Gasteiger partial charge < -0.3 is 9.88 Å². The lowest BCUT2D eigenvalue weighted by Gasteiger charge is -2.46. The fraction of sp³-hybridized carbons (Fsp3) is 0.455. The molecule has 2 heterocycles. The van der Waals surface area contributed by atoms with E-state index in [2.05, 4.69) is 11.9 Å². The number of carbonyl (C=O) groups excluding carboxylic acids is 1. The molecule has 0 bridgehead atoms. The van der Waals surface area contributed by atoms with E-state index < -0.39 is 11.7 Å². The van der Waals surface area contributed by atoms with Gasteiger partial charge in [-0.2, -0.15) is 13.2 Å². The Bertz CT molecular complexity index is 1030. The van der Waals surface area contributed by atoms with E-state index in [-0.39, 0.29) is 29.7 Å². The van der Waals surface area contributed by atoms with Crippen LogP contribution in [0.5, 0.6) is 0 Å². The van der Waals surface area contributed by atoms with Gasteiger partial charge in [0.15, 0.2) is 0 Å². The number of amides is 1. The van der Waals surface area contributed by atoms with Crippen molar-refractivity contribution in [2.75, 3.05) is 16.5 Å². The Morgan fingerprint density at radius 3 is 2.43 bits per heavy atom. The monoisotopic (exact) mass is 419 g/mol. The van der Waals surface area contributed by atoms with Gasteiger partial charge in [-0.1, -0.05) is 19.8 Å². The molecule has 4 rings (SSSR count). The average Bonchev–Trinajstić information content (AvgIpc) is 2.69. The summed E-state index contributed by atoms with van der Waals surface area (Å²) in [5.41, 5.74) is 0.663. The van der Waals surface area contributed by atoms with Crippen LogP contribution in [-0.4, -0.2) is 23.6 Å². The number of aromatic nitrogens is 1. The van der Waals surface area contributed by atoms with Crippen molar-refractivity contribution in [2.45, 2.75) is 51.7 Å². The maximum absolute atomic E-state index is 13.4. The number of fused-ring (bicyclic) bond motifs is 1. The van der Waals surface area contributed by atoms with Crippen molar-refractivity contribution in [3.8, 4) is 0 Å². The minimum atomic E-state index is -4.48. The van der Waals surface area contributed by atoms with Gasteiger partial charge in [0.05, 0.1) is 29.2 Å². The molecule has 1 aliphatic heterocycles. The molecule has 8 heteroatoms. The smallest absolute Gasteiger partial charge is 0.349 e. The molecule has 2 atom stereocenters. The summed E-state index contributed by atoms with van der Waals surface area (Å²) < 4.78 is 40.2. The minimum Gasteiger partial charge on any atom is -0.349 e. The van der Waals surface area contributed by atoms with Crippen molar-refractivity contribution in [2.24, 2.45) is 5.92 Å². The standard InChI is InChI=1S/C22H24F3N3O2/c1-13-5-3-4-6-17(13)27-12-28(18-9-10-20(29)26-14(18)2)21(30)16-8-7-15(11-19(16)27)22(23,24)25/h7-11,13,17H,3-6,12H2,1-2H3,(H,26,29). The fourth-order valence-corrected chi connectivity index (χ4v) is 4.66. The number of halogens is 3. The van der Waals surface area contributed by atoms with Crippen LogP contribution in [0.2, 0.25) is 0 Å². The van der Waals surface area contributed by atoms with Crippen LogP contribution in [-0.2, 0) is 6.18 Å². The third-order valence-electron chi connectivity index (χ3n) is 6.25. The minimum absolute atomic E-state index is 0.0413. The van der Waals surface area contributed by atoms with Crippen LogP contribution in [0.4, 0.5) is 24.5 Å². The van der Waals surface area contributed by atoms with Gasteiger partial charge in [-0.25, -0.2) is 0 Å². The van der Waals surface area contributed by atoms with Gasteiger partial charge in [-0.15, -0.1) is 0 Å². The number of aromatic amines is 1. The number of alkyl halides is 3. The first kappa shape index (κ1) is 20.5. The highest BCUT2D eigenvalue weighted by molar-refractivity contribution is 6.12. The summed E-state index contributed by atoms with van der Waals surface area (Å²) >= 11 is 0. The van der Waals surface area contributed by atoms with Crippen molar-refractivity contribution in [3.63, 3.8) is 0 Å². The van der Waals surface area contributed by atoms with Gasteiger partial charge in [0.1, 0.15) is 0 Å². The highest BCUT2D eigenvalue weighted by Gasteiger charge is 2.39. The van der Waals surface area contributed by atoms with Crippen molar-refractivity contribution in [3.05, 3.63) is 57.5 Å². The highest BCUT2D eigenvalue weighted by Crippen LogP contribution is 2.40. The lowest BCUT2D eigenvalue weighted by molar-refractivity contribution is -0.137. The maximum atomic E-state index is 13.4. The van der Waals surface area contributed by atoms with Gasteiger partial charge >= 0.3 is 6.18 Å². The van der Waals surface area contributed by atoms with E-state index in [1.165, 1.54) is 12.1 Å². The molecule has 0 radical (unpaired) electrons. The summed E-state index contributed by atoms with van der Waals surface area (Å²) in [4.78, 5) is 31.1. The molecule has 30 heavy (non-hydrogen) atoms. The SMILES string of the molecule is Cc1[nH]c(=O)ccc1N1CN(C2CCCCC2C)c2cc(C(F)(F)F)ccc2C1=O. The van der Waals surface area contributed by atoms with Crippen molar-refractivity contribution in [1.29, 1.82) is 0 Å². The van der Waals surface area contributed by atoms with Crippen LogP contribution in [0, 0.1) is 12.8 Å². The fourth-order valence-electron chi connectivity index (χ4n) is 4.66. The van der Waals surface area contributed by atoms with Gasteiger partial charge in [-0.05, 0) is 49.9 Å². The number of nitrogens with zero attached hydrogens (tertiary/aromatic N) is 2. The number of anilines is 2. The molecule has 2 unspecified atom stereocenters. The molecule has 1 aromatic heterocycles. The maximum Gasteiger partial charge on any atom is 0.416 e. The topological polar surface area (TPSA) is 56.4 Å². The zero-order chi connectivity index (χ0) is 21.6. The third kappa shape index (κ3) is 3.59. The largest absolute Gasteiger partial charge is 0.416 e. The zero-order valence-corrected chi connectivity index (χ0v) is 16.9. The van der Waals surface area contributed by atoms with Crippen molar-refractivity contribution < 1.29 is 18.0 Å². The number of hydrogen-bond donors (Lipinski definition) is 1. The number of pyridine rings is 1. The number of benzene rings is 1. The summed E-state index contributed by atoms with van der Waals surface area (Å²) in [6, 6.07) is 6.32. The molecule has 1 aromatic carbocycles. The molecule has 1 fully saturated rings. The Balaban J connectivity index is 1.84. The summed E-state index contributed by atoms with van der Waals surface area (Å²) in [6.07, 6.45) is -0.507. The Kier molecular flexibility index (Phi) is 5.11. The van der Waals surface area contributed by atoms with Crippen molar-refractivity contribution in [1.82, 2.24) is 4.98 Å². The van der Waals surface area contributed by atoms with Crippen LogP contribution in [0.25, 0.3) is 0 Å². The van der Waals surface area contributed by atoms with E-state index >= 15 is 0 Å². The number of rotatable bonds is 2. The van der Waals surface area contributed by atoms with E-state index in [1.54, 1.807) is 17.9 Å². The Labute approximate surface area is 172 Å². The molecule has 1 N–H and O–H groups in total. The molecule has 5 nitrogen and oxygen atoms in total.